The van der Waals surface area contributed by atoms with E-state index >= 15 is 0 Å². The van der Waals surface area contributed by atoms with E-state index in [0.717, 1.165) is 41.0 Å². The Bertz CT molecular complexity index is 1540. The van der Waals surface area contributed by atoms with Crippen LogP contribution in [0.15, 0.2) is 78.9 Å². The Labute approximate surface area is 174 Å². The van der Waals surface area contributed by atoms with E-state index in [1.807, 2.05) is 24.3 Å². The first kappa shape index (κ1) is 17.2. The summed E-state index contributed by atoms with van der Waals surface area (Å²) < 4.78 is 2.34. The van der Waals surface area contributed by atoms with Gasteiger partial charge in [0.25, 0.3) is 0 Å². The highest BCUT2D eigenvalue weighted by molar-refractivity contribution is 5.92. The Morgan fingerprint density at radius 1 is 0.767 bits per heavy atom. The summed E-state index contributed by atoms with van der Waals surface area (Å²) >= 11 is 0. The number of hydrogen-bond acceptors (Lipinski definition) is 2. The van der Waals surface area contributed by atoms with Crippen molar-refractivity contribution in [3.63, 3.8) is 0 Å². The molecule has 0 radical (unpaired) electrons. The lowest BCUT2D eigenvalue weighted by Gasteiger charge is -2.12. The van der Waals surface area contributed by atoms with E-state index in [2.05, 4.69) is 72.2 Å². The molecule has 0 N–H and O–H groups in total. The van der Waals surface area contributed by atoms with Gasteiger partial charge >= 0.3 is 0 Å². The highest BCUT2D eigenvalue weighted by Gasteiger charge is 2.17. The maximum absolute atomic E-state index is 5.12. The number of nitrogens with zero attached hydrogens (tertiary/aromatic N) is 3. The predicted octanol–water partition coefficient (Wildman–Crippen LogP) is 4.99. The smallest absolute Gasteiger partial charge is 0.162 e. The monoisotopic (exact) mass is 387 g/mol. The van der Waals surface area contributed by atoms with Gasteiger partial charge in [-0.2, -0.15) is 0 Å². The van der Waals surface area contributed by atoms with Gasteiger partial charge in [-0.25, -0.2) is 9.97 Å². The summed E-state index contributed by atoms with van der Waals surface area (Å²) in [4.78, 5) is 10.0. The fourth-order valence-electron chi connectivity index (χ4n) is 4.63. The zero-order chi connectivity index (χ0) is 20.1. The van der Waals surface area contributed by atoms with Crippen LogP contribution in [0.25, 0.3) is 50.7 Å². The van der Waals surface area contributed by atoms with E-state index in [1.165, 1.54) is 27.0 Å². The lowest BCUT2D eigenvalue weighted by atomic mass is 10.0. The predicted molar refractivity (Wildman–Crippen MR) is 124 cm³/mol. The van der Waals surface area contributed by atoms with Gasteiger partial charge in [-0.3, -0.25) is 4.57 Å². The van der Waals surface area contributed by atoms with Gasteiger partial charge in [0.15, 0.2) is 5.82 Å². The second-order valence-electron chi connectivity index (χ2n) is 7.89. The Morgan fingerprint density at radius 3 is 2.37 bits per heavy atom. The number of hydrogen-bond donors (Lipinski definition) is 0. The molecular formula is C27H21N3. The second-order valence-corrected chi connectivity index (χ2v) is 7.89. The van der Waals surface area contributed by atoms with Gasteiger partial charge in [0.05, 0.1) is 16.4 Å². The number of para-hydroxylation sites is 2. The number of aromatic nitrogens is 3. The SMILES string of the molecule is CC1=c2c(n(-c3nc(-c4ccccc4)nc4ccccc34)c3ccccc23)=CCC1. The molecule has 0 saturated carbocycles. The van der Waals surface area contributed by atoms with Crippen LogP contribution >= 0.6 is 0 Å². The van der Waals surface area contributed by atoms with Gasteiger partial charge in [0, 0.05) is 21.6 Å². The molecule has 1 aliphatic rings. The molecule has 5 aromatic rings. The van der Waals surface area contributed by atoms with Crippen LogP contribution in [0.1, 0.15) is 19.8 Å². The molecule has 0 saturated heterocycles. The van der Waals surface area contributed by atoms with E-state index < -0.39 is 0 Å². The van der Waals surface area contributed by atoms with Gasteiger partial charge < -0.3 is 0 Å². The Balaban J connectivity index is 1.80. The molecule has 2 aromatic heterocycles. The summed E-state index contributed by atoms with van der Waals surface area (Å²) in [7, 11) is 0. The van der Waals surface area contributed by atoms with E-state index in [1.54, 1.807) is 0 Å². The molecule has 0 aliphatic heterocycles. The fraction of sp³-hybridized carbons (Fsp3) is 0.111. The Kier molecular flexibility index (Phi) is 3.81. The molecule has 3 aromatic carbocycles. The van der Waals surface area contributed by atoms with Crippen LogP contribution in [0, 0.1) is 0 Å². The summed E-state index contributed by atoms with van der Waals surface area (Å²) in [5.74, 6) is 1.70. The molecule has 0 amide bonds. The molecule has 0 unspecified atom stereocenters. The number of benzene rings is 3. The standard InChI is InChI=1S/C27H21N3/c1-18-10-9-17-24-25(18)21-14-6-8-16-23(21)30(24)27-20-13-5-7-15-22(20)28-26(29-27)19-11-3-2-4-12-19/h2-8,11-17H,9-10H2,1H3. The fourth-order valence-corrected chi connectivity index (χ4v) is 4.63. The Hall–Kier alpha value is -3.72. The van der Waals surface area contributed by atoms with Gasteiger partial charge in [-0.05, 0) is 38.0 Å². The van der Waals surface area contributed by atoms with Crippen LogP contribution in [0.5, 0.6) is 0 Å². The summed E-state index contributed by atoms with van der Waals surface area (Å²) in [6.07, 6.45) is 4.53. The summed E-state index contributed by atoms with van der Waals surface area (Å²) in [5.41, 5.74) is 4.64. The van der Waals surface area contributed by atoms with Crippen molar-refractivity contribution in [2.45, 2.75) is 19.8 Å². The van der Waals surface area contributed by atoms with Crippen LogP contribution in [-0.2, 0) is 0 Å². The minimum absolute atomic E-state index is 0.757. The first-order valence-corrected chi connectivity index (χ1v) is 10.4. The first-order chi connectivity index (χ1) is 14.8. The third kappa shape index (κ3) is 2.52. The van der Waals surface area contributed by atoms with Gasteiger partial charge in [0.1, 0.15) is 5.82 Å². The van der Waals surface area contributed by atoms with Crippen molar-refractivity contribution in [3.8, 4) is 17.2 Å². The van der Waals surface area contributed by atoms with Crippen LogP contribution in [0.2, 0.25) is 0 Å². The van der Waals surface area contributed by atoms with E-state index in [9.17, 15) is 0 Å². The Morgan fingerprint density at radius 2 is 1.50 bits per heavy atom. The summed E-state index contributed by atoms with van der Waals surface area (Å²) in [5, 5.41) is 4.98. The average Bonchev–Trinajstić information content (AvgIpc) is 3.14. The third-order valence-corrected chi connectivity index (χ3v) is 6.02. The van der Waals surface area contributed by atoms with Crippen molar-refractivity contribution >= 4 is 33.5 Å². The molecule has 0 spiro atoms. The largest absolute Gasteiger partial charge is 0.293 e. The number of fused-ring (bicyclic) bond motifs is 4. The molecular weight excluding hydrogens is 366 g/mol. The molecule has 3 heteroatoms. The van der Waals surface area contributed by atoms with Gasteiger partial charge in [-0.15, -0.1) is 0 Å². The molecule has 2 heterocycles. The van der Waals surface area contributed by atoms with E-state index in [0.29, 0.717) is 0 Å². The topological polar surface area (TPSA) is 30.7 Å². The molecule has 3 nitrogen and oxygen atoms in total. The van der Waals surface area contributed by atoms with Crippen LogP contribution < -0.4 is 10.6 Å². The average molecular weight is 387 g/mol. The maximum Gasteiger partial charge on any atom is 0.162 e. The normalized spacial score (nSPS) is 13.4. The molecule has 1 aliphatic carbocycles. The van der Waals surface area contributed by atoms with Crippen LogP contribution in [-0.4, -0.2) is 14.5 Å². The lowest BCUT2D eigenvalue weighted by molar-refractivity contribution is 0.972. The van der Waals surface area contributed by atoms with Gasteiger partial charge in [0.2, 0.25) is 0 Å². The van der Waals surface area contributed by atoms with Crippen molar-refractivity contribution in [2.75, 3.05) is 0 Å². The maximum atomic E-state index is 5.12. The van der Waals surface area contributed by atoms with Crippen molar-refractivity contribution in [1.82, 2.24) is 14.5 Å². The number of rotatable bonds is 2. The summed E-state index contributed by atoms with van der Waals surface area (Å²) in [6, 6.07) is 27.2. The minimum atomic E-state index is 0.757. The van der Waals surface area contributed by atoms with Crippen LogP contribution in [0.3, 0.4) is 0 Å². The van der Waals surface area contributed by atoms with Crippen molar-refractivity contribution in [1.29, 1.82) is 0 Å². The van der Waals surface area contributed by atoms with E-state index in [4.69, 9.17) is 9.97 Å². The minimum Gasteiger partial charge on any atom is -0.293 e. The lowest BCUT2D eigenvalue weighted by Crippen LogP contribution is -2.32. The highest BCUT2D eigenvalue weighted by atomic mass is 15.1. The summed E-state index contributed by atoms with van der Waals surface area (Å²) in [6.45, 7) is 2.26. The zero-order valence-electron chi connectivity index (χ0n) is 16.8. The second kappa shape index (κ2) is 6.67. The molecule has 0 bridgehead atoms. The van der Waals surface area contributed by atoms with Crippen LogP contribution in [0.4, 0.5) is 0 Å². The van der Waals surface area contributed by atoms with Gasteiger partial charge in [-0.1, -0.05) is 72.3 Å². The van der Waals surface area contributed by atoms with E-state index in [-0.39, 0.29) is 0 Å². The quantitative estimate of drug-likeness (QED) is 0.427. The van der Waals surface area contributed by atoms with Crippen molar-refractivity contribution in [2.24, 2.45) is 0 Å². The molecule has 0 fully saturated rings. The molecule has 30 heavy (non-hydrogen) atoms. The zero-order valence-corrected chi connectivity index (χ0v) is 16.8. The third-order valence-electron chi connectivity index (χ3n) is 6.02. The molecule has 144 valence electrons. The first-order valence-electron chi connectivity index (χ1n) is 10.4. The van der Waals surface area contributed by atoms with Crippen molar-refractivity contribution < 1.29 is 0 Å². The molecule has 0 atom stereocenters. The highest BCUT2D eigenvalue weighted by Crippen LogP contribution is 2.26. The molecule has 6 rings (SSSR count). The van der Waals surface area contributed by atoms with Crippen molar-refractivity contribution in [3.05, 3.63) is 89.4 Å².